The van der Waals surface area contributed by atoms with E-state index in [1.54, 1.807) is 0 Å². The molecule has 85 valence electrons. The summed E-state index contributed by atoms with van der Waals surface area (Å²) in [5, 5.41) is 0. The van der Waals surface area contributed by atoms with Gasteiger partial charge in [0, 0.05) is 6.54 Å². The van der Waals surface area contributed by atoms with Crippen molar-refractivity contribution in [2.75, 3.05) is 6.54 Å². The van der Waals surface area contributed by atoms with Crippen molar-refractivity contribution in [2.24, 2.45) is 0 Å². The molecule has 0 N–H and O–H groups in total. The lowest BCUT2D eigenvalue weighted by Gasteiger charge is -2.39. The monoisotopic (exact) mass is 238 g/mol. The lowest BCUT2D eigenvalue weighted by molar-refractivity contribution is 0.699. The lowest BCUT2D eigenvalue weighted by Crippen LogP contribution is -2.54. The van der Waals surface area contributed by atoms with Crippen LogP contribution in [-0.2, 0) is 0 Å². The van der Waals surface area contributed by atoms with Gasteiger partial charge in [0.05, 0.1) is 0 Å². The first-order valence-electron chi connectivity index (χ1n) is 5.42. The third-order valence-corrected chi connectivity index (χ3v) is 10.5. The number of rotatable bonds is 8. The van der Waals surface area contributed by atoms with Crippen LogP contribution in [0.3, 0.4) is 0 Å². The molecule has 0 aromatic heterocycles. The van der Waals surface area contributed by atoms with Gasteiger partial charge in [-0.05, 0) is 12.1 Å². The molecule has 1 radical (unpaired) electrons. The molecule has 0 saturated heterocycles. The largest absolute Gasteiger partial charge is 0.343 e. The Kier molecular flexibility index (Phi) is 6.80. The molecule has 0 saturated carbocycles. The summed E-state index contributed by atoms with van der Waals surface area (Å²) in [5.41, 5.74) is 0. The van der Waals surface area contributed by atoms with Gasteiger partial charge in [-0.3, -0.25) is 0 Å². The highest BCUT2D eigenvalue weighted by molar-refractivity contribution is 6.84. The Morgan fingerprint density at radius 2 is 1.73 bits per heavy atom. The molecular formula is C12H24NSi2. The van der Waals surface area contributed by atoms with Crippen molar-refractivity contribution in [1.29, 1.82) is 0 Å². The fourth-order valence-electron chi connectivity index (χ4n) is 1.83. The Balaban J connectivity index is 4.67. The van der Waals surface area contributed by atoms with E-state index in [4.69, 9.17) is 0 Å². The van der Waals surface area contributed by atoms with Gasteiger partial charge < -0.3 is 4.23 Å². The van der Waals surface area contributed by atoms with Crippen molar-refractivity contribution in [2.45, 2.75) is 31.7 Å². The van der Waals surface area contributed by atoms with Gasteiger partial charge in [0.15, 0.2) is 0 Å². The van der Waals surface area contributed by atoms with Crippen LogP contribution < -0.4 is 0 Å². The first-order valence-corrected chi connectivity index (χ1v) is 10.7. The van der Waals surface area contributed by atoms with Crippen molar-refractivity contribution in [3.05, 3.63) is 38.0 Å². The minimum absolute atomic E-state index is 0.462. The van der Waals surface area contributed by atoms with E-state index in [9.17, 15) is 0 Å². The molecule has 0 unspecified atom stereocenters. The highest BCUT2D eigenvalue weighted by Gasteiger charge is 2.30. The molecule has 0 spiro atoms. The summed E-state index contributed by atoms with van der Waals surface area (Å²) in [6.07, 6.45) is 6.13. The van der Waals surface area contributed by atoms with Crippen molar-refractivity contribution < 1.29 is 0 Å². The molecule has 0 heterocycles. The van der Waals surface area contributed by atoms with E-state index in [1.807, 2.05) is 12.2 Å². The molecule has 0 rings (SSSR count). The van der Waals surface area contributed by atoms with Crippen LogP contribution in [0, 0.1) is 0 Å². The van der Waals surface area contributed by atoms with E-state index >= 15 is 0 Å². The van der Waals surface area contributed by atoms with Crippen LogP contribution in [0.25, 0.3) is 0 Å². The molecule has 1 nitrogen and oxygen atoms in total. The third-order valence-electron chi connectivity index (χ3n) is 2.59. The molecule has 0 aliphatic carbocycles. The van der Waals surface area contributed by atoms with Gasteiger partial charge in [0.25, 0.3) is 0 Å². The van der Waals surface area contributed by atoms with E-state index in [2.05, 4.69) is 49.7 Å². The van der Waals surface area contributed by atoms with E-state index in [0.29, 0.717) is 0 Å². The van der Waals surface area contributed by atoms with Gasteiger partial charge in [-0.2, -0.15) is 0 Å². The predicted molar refractivity (Wildman–Crippen MR) is 76.0 cm³/mol. The van der Waals surface area contributed by atoms with Crippen molar-refractivity contribution in [3.63, 3.8) is 0 Å². The molecule has 0 aromatic rings. The van der Waals surface area contributed by atoms with E-state index < -0.39 is 17.2 Å². The molecule has 0 fully saturated rings. The number of hydrogen-bond donors (Lipinski definition) is 0. The van der Waals surface area contributed by atoms with Gasteiger partial charge in [0.2, 0.25) is 0 Å². The van der Waals surface area contributed by atoms with Crippen LogP contribution in [0.5, 0.6) is 0 Å². The van der Waals surface area contributed by atoms with Gasteiger partial charge >= 0.3 is 0 Å². The summed E-state index contributed by atoms with van der Waals surface area (Å²) < 4.78 is 2.69. The Hall–Kier alpha value is -0.386. The normalized spacial score (nSPS) is 11.8. The van der Waals surface area contributed by atoms with E-state index in [1.165, 1.54) is 0 Å². The second-order valence-corrected chi connectivity index (χ2v) is 11.9. The standard InChI is InChI=1S/C12H24NSi2/c1-7-10-13(14(4)11-8-2)15(5,6)12-9-3/h7-9H,1-3,10-12H2,4-6H3. The van der Waals surface area contributed by atoms with Gasteiger partial charge in [-0.15, -0.1) is 19.7 Å². The SMILES string of the molecule is C=CCN([Si](C)CC=C)[Si](C)(C)CC=C. The minimum Gasteiger partial charge on any atom is -0.343 e. The van der Waals surface area contributed by atoms with Crippen LogP contribution in [0.2, 0.25) is 31.7 Å². The van der Waals surface area contributed by atoms with Crippen LogP contribution >= 0.6 is 0 Å². The van der Waals surface area contributed by atoms with Crippen LogP contribution in [0.15, 0.2) is 38.0 Å². The molecule has 0 atom stereocenters. The zero-order valence-electron chi connectivity index (χ0n) is 10.4. The van der Waals surface area contributed by atoms with Gasteiger partial charge in [0.1, 0.15) is 17.2 Å². The Morgan fingerprint density at radius 1 is 1.13 bits per heavy atom. The van der Waals surface area contributed by atoms with Crippen molar-refractivity contribution in [1.82, 2.24) is 4.23 Å². The summed E-state index contributed by atoms with van der Waals surface area (Å²) in [6.45, 7) is 19.8. The summed E-state index contributed by atoms with van der Waals surface area (Å²) in [5.74, 6) is 0. The molecule has 0 aliphatic heterocycles. The number of nitrogens with zero attached hydrogens (tertiary/aromatic N) is 1. The van der Waals surface area contributed by atoms with Gasteiger partial charge in [-0.25, -0.2) is 0 Å². The second-order valence-electron chi connectivity index (χ2n) is 4.43. The highest BCUT2D eigenvalue weighted by Crippen LogP contribution is 2.19. The second kappa shape index (κ2) is 6.98. The molecule has 3 heteroatoms. The first kappa shape index (κ1) is 14.6. The summed E-state index contributed by atoms with van der Waals surface area (Å²) in [6, 6.07) is 2.30. The topological polar surface area (TPSA) is 3.24 Å². The Morgan fingerprint density at radius 3 is 2.13 bits per heavy atom. The molecule has 15 heavy (non-hydrogen) atoms. The average Bonchev–Trinajstić information content (AvgIpc) is 2.14. The fourth-order valence-corrected chi connectivity index (χ4v) is 9.14. The average molecular weight is 239 g/mol. The molecular weight excluding hydrogens is 214 g/mol. The maximum atomic E-state index is 3.87. The minimum atomic E-state index is -1.31. The smallest absolute Gasteiger partial charge is 0.130 e. The molecule has 0 amide bonds. The quantitative estimate of drug-likeness (QED) is 0.461. The van der Waals surface area contributed by atoms with Gasteiger partial charge in [-0.1, -0.05) is 37.9 Å². The van der Waals surface area contributed by atoms with Crippen LogP contribution in [-0.4, -0.2) is 28.0 Å². The molecule has 0 aromatic carbocycles. The number of allylic oxidation sites excluding steroid dienone is 2. The van der Waals surface area contributed by atoms with Crippen molar-refractivity contribution in [3.8, 4) is 0 Å². The van der Waals surface area contributed by atoms with E-state index in [0.717, 1.165) is 18.6 Å². The summed E-state index contributed by atoms with van der Waals surface area (Å²) in [7, 11) is -1.77. The van der Waals surface area contributed by atoms with Crippen LogP contribution in [0.1, 0.15) is 0 Å². The number of hydrogen-bond acceptors (Lipinski definition) is 1. The maximum Gasteiger partial charge on any atom is 0.130 e. The maximum absolute atomic E-state index is 3.87. The predicted octanol–water partition coefficient (Wildman–Crippen LogP) is 3.67. The first-order chi connectivity index (χ1) is 6.99. The lowest BCUT2D eigenvalue weighted by atomic mass is 10.7. The summed E-state index contributed by atoms with van der Waals surface area (Å²) >= 11 is 0. The van der Waals surface area contributed by atoms with Crippen LogP contribution in [0.4, 0.5) is 0 Å². The Labute approximate surface area is 98.0 Å². The molecule has 0 aliphatic rings. The Bertz CT molecular complexity index is 224. The zero-order chi connectivity index (χ0) is 11.9. The summed E-state index contributed by atoms with van der Waals surface area (Å²) in [4.78, 5) is 0. The third kappa shape index (κ3) is 4.77. The molecule has 0 bridgehead atoms. The fraction of sp³-hybridized carbons (Fsp3) is 0.500. The zero-order valence-corrected chi connectivity index (χ0v) is 12.4. The van der Waals surface area contributed by atoms with E-state index in [-0.39, 0.29) is 0 Å². The van der Waals surface area contributed by atoms with Crippen molar-refractivity contribution >= 4 is 17.2 Å². The highest BCUT2D eigenvalue weighted by atomic mass is 28.4.